The van der Waals surface area contributed by atoms with Crippen LogP contribution in [0.5, 0.6) is 0 Å². The summed E-state index contributed by atoms with van der Waals surface area (Å²) in [6.07, 6.45) is -4.16. The van der Waals surface area contributed by atoms with Crippen molar-refractivity contribution in [2.45, 2.75) is 31.5 Å². The van der Waals surface area contributed by atoms with Gasteiger partial charge in [-0.25, -0.2) is 9.59 Å². The van der Waals surface area contributed by atoms with Gasteiger partial charge in [0.05, 0.1) is 6.61 Å². The summed E-state index contributed by atoms with van der Waals surface area (Å²) in [7, 11) is 0. The lowest BCUT2D eigenvalue weighted by atomic mass is 10.1. The SMILES string of the molecule is CC(=O)C(=O)O[C@@H]1[C@H](O)[C@@H](CO)O[C@H]1n1ccc(=O)[nH]c1=O. The van der Waals surface area contributed by atoms with E-state index in [4.69, 9.17) is 14.6 Å². The number of rotatable bonds is 4. The average molecular weight is 314 g/mol. The molecule has 0 aromatic carbocycles. The lowest BCUT2D eigenvalue weighted by Gasteiger charge is -2.21. The Hall–Kier alpha value is -2.30. The summed E-state index contributed by atoms with van der Waals surface area (Å²) in [5, 5.41) is 19.1. The number of nitrogens with zero attached hydrogens (tertiary/aromatic N) is 1. The highest BCUT2D eigenvalue weighted by Crippen LogP contribution is 2.30. The third-order valence-corrected chi connectivity index (χ3v) is 3.15. The summed E-state index contributed by atoms with van der Waals surface area (Å²) in [5.74, 6) is -2.11. The number of ketones is 1. The van der Waals surface area contributed by atoms with Gasteiger partial charge >= 0.3 is 11.7 Å². The summed E-state index contributed by atoms with van der Waals surface area (Å²) in [6.45, 7) is 0.388. The van der Waals surface area contributed by atoms with E-state index >= 15 is 0 Å². The highest BCUT2D eigenvalue weighted by Gasteiger charge is 2.47. The summed E-state index contributed by atoms with van der Waals surface area (Å²) >= 11 is 0. The standard InChI is InChI=1S/C12H14N2O8/c1-5(16)11(19)22-9-8(18)6(4-15)21-10(9)14-3-2-7(17)13-12(14)20/h2-3,6,8-10,15,18H,4H2,1H3,(H,13,17,20)/t6-,8-,9-,10-/m1/s1. The summed E-state index contributed by atoms with van der Waals surface area (Å²) in [4.78, 5) is 47.2. The summed E-state index contributed by atoms with van der Waals surface area (Å²) in [6, 6.07) is 1.03. The van der Waals surface area contributed by atoms with Gasteiger partial charge in [0.15, 0.2) is 12.3 Å². The van der Waals surface area contributed by atoms with Gasteiger partial charge in [-0.1, -0.05) is 0 Å². The number of hydrogen-bond acceptors (Lipinski definition) is 8. The number of aromatic amines is 1. The number of nitrogens with one attached hydrogen (secondary N) is 1. The molecule has 22 heavy (non-hydrogen) atoms. The number of ether oxygens (including phenoxy) is 2. The lowest BCUT2D eigenvalue weighted by Crippen LogP contribution is -2.41. The molecule has 0 saturated carbocycles. The maximum absolute atomic E-state index is 11.8. The van der Waals surface area contributed by atoms with Crippen LogP contribution in [-0.2, 0) is 19.1 Å². The van der Waals surface area contributed by atoms with Crippen molar-refractivity contribution < 1.29 is 29.3 Å². The second-order valence-electron chi connectivity index (χ2n) is 4.68. The Balaban J connectivity index is 2.37. The molecule has 2 rings (SSSR count). The van der Waals surface area contributed by atoms with Crippen LogP contribution >= 0.6 is 0 Å². The van der Waals surface area contributed by atoms with Crippen LogP contribution in [0.3, 0.4) is 0 Å². The van der Waals surface area contributed by atoms with E-state index in [1.54, 1.807) is 0 Å². The van der Waals surface area contributed by atoms with E-state index in [-0.39, 0.29) is 0 Å². The van der Waals surface area contributed by atoms with Crippen LogP contribution in [0.1, 0.15) is 13.2 Å². The third-order valence-electron chi connectivity index (χ3n) is 3.15. The Morgan fingerprint density at radius 3 is 2.68 bits per heavy atom. The van der Waals surface area contributed by atoms with Gasteiger partial charge in [-0.05, 0) is 0 Å². The third kappa shape index (κ3) is 2.98. The van der Waals surface area contributed by atoms with Crippen LogP contribution in [0.15, 0.2) is 21.9 Å². The molecule has 0 amide bonds. The number of carbonyl (C=O) groups excluding carboxylic acids is 2. The number of carbonyl (C=O) groups is 2. The predicted octanol–water partition coefficient (Wildman–Crippen LogP) is -2.71. The minimum atomic E-state index is -1.45. The summed E-state index contributed by atoms with van der Waals surface area (Å²) in [5.41, 5.74) is -1.50. The van der Waals surface area contributed by atoms with E-state index in [1.807, 2.05) is 4.98 Å². The van der Waals surface area contributed by atoms with E-state index in [1.165, 1.54) is 0 Å². The molecule has 1 saturated heterocycles. The van der Waals surface area contributed by atoms with Gasteiger partial charge in [0, 0.05) is 19.2 Å². The zero-order chi connectivity index (χ0) is 16.4. The Morgan fingerprint density at radius 1 is 1.45 bits per heavy atom. The second kappa shape index (κ2) is 6.22. The normalized spacial score (nSPS) is 27.6. The molecule has 1 aliphatic heterocycles. The largest absolute Gasteiger partial charge is 0.449 e. The first-order valence-electron chi connectivity index (χ1n) is 6.32. The van der Waals surface area contributed by atoms with Gasteiger partial charge in [0.1, 0.15) is 12.2 Å². The highest BCUT2D eigenvalue weighted by molar-refractivity contribution is 6.32. The molecule has 2 heterocycles. The molecule has 4 atom stereocenters. The zero-order valence-electron chi connectivity index (χ0n) is 11.5. The smallest absolute Gasteiger partial charge is 0.374 e. The van der Waals surface area contributed by atoms with Crippen molar-refractivity contribution in [3.63, 3.8) is 0 Å². The van der Waals surface area contributed by atoms with Crippen molar-refractivity contribution in [1.82, 2.24) is 9.55 Å². The Kier molecular flexibility index (Phi) is 4.54. The zero-order valence-corrected chi connectivity index (χ0v) is 11.5. The van der Waals surface area contributed by atoms with Crippen molar-refractivity contribution >= 4 is 11.8 Å². The van der Waals surface area contributed by atoms with Crippen molar-refractivity contribution in [3.8, 4) is 0 Å². The minimum absolute atomic E-state index is 0.593. The molecule has 0 spiro atoms. The molecular weight excluding hydrogens is 300 g/mol. The maximum atomic E-state index is 11.8. The number of Topliss-reactive ketones (excluding diaryl/α,β-unsaturated/α-hetero) is 1. The van der Waals surface area contributed by atoms with E-state index in [9.17, 15) is 24.3 Å². The first-order chi connectivity index (χ1) is 10.3. The first kappa shape index (κ1) is 16.1. The molecule has 1 aromatic heterocycles. The van der Waals surface area contributed by atoms with E-state index in [0.717, 1.165) is 23.8 Å². The van der Waals surface area contributed by atoms with E-state index in [0.29, 0.717) is 0 Å². The fourth-order valence-electron chi connectivity index (χ4n) is 2.05. The van der Waals surface area contributed by atoms with Crippen molar-refractivity contribution in [1.29, 1.82) is 0 Å². The minimum Gasteiger partial charge on any atom is -0.449 e. The number of H-pyrrole nitrogens is 1. The van der Waals surface area contributed by atoms with Crippen LogP contribution in [-0.4, -0.2) is 56.4 Å². The maximum Gasteiger partial charge on any atom is 0.374 e. The topological polar surface area (TPSA) is 148 Å². The second-order valence-corrected chi connectivity index (χ2v) is 4.68. The number of hydrogen-bond donors (Lipinski definition) is 3. The van der Waals surface area contributed by atoms with E-state index < -0.39 is 54.1 Å². The molecule has 10 heteroatoms. The molecule has 1 aliphatic rings. The fourth-order valence-corrected chi connectivity index (χ4v) is 2.05. The molecule has 1 fully saturated rings. The van der Waals surface area contributed by atoms with Crippen LogP contribution in [0.4, 0.5) is 0 Å². The van der Waals surface area contributed by atoms with Crippen LogP contribution < -0.4 is 11.2 Å². The fraction of sp³-hybridized carbons (Fsp3) is 0.500. The van der Waals surface area contributed by atoms with Gasteiger partial charge in [-0.3, -0.25) is 19.1 Å². The van der Waals surface area contributed by atoms with Gasteiger partial charge in [-0.2, -0.15) is 0 Å². The van der Waals surface area contributed by atoms with Crippen molar-refractivity contribution in [3.05, 3.63) is 33.1 Å². The average Bonchev–Trinajstić information content (AvgIpc) is 2.76. The Morgan fingerprint density at radius 2 is 2.14 bits per heavy atom. The van der Waals surface area contributed by atoms with Crippen molar-refractivity contribution in [2.75, 3.05) is 6.61 Å². The van der Waals surface area contributed by atoms with Crippen LogP contribution in [0.25, 0.3) is 0 Å². The molecule has 0 aliphatic carbocycles. The summed E-state index contributed by atoms with van der Waals surface area (Å²) < 4.78 is 11.0. The number of aromatic nitrogens is 2. The molecule has 0 radical (unpaired) electrons. The molecule has 0 unspecified atom stereocenters. The van der Waals surface area contributed by atoms with Gasteiger partial charge < -0.3 is 19.7 Å². The van der Waals surface area contributed by atoms with Crippen molar-refractivity contribution in [2.24, 2.45) is 0 Å². The number of aliphatic hydroxyl groups is 2. The molecule has 120 valence electrons. The molecule has 1 aromatic rings. The first-order valence-corrected chi connectivity index (χ1v) is 6.32. The Labute approximate surface area is 122 Å². The quantitative estimate of drug-likeness (QED) is 0.401. The highest BCUT2D eigenvalue weighted by atomic mass is 16.6. The van der Waals surface area contributed by atoms with Gasteiger partial charge in [0.2, 0.25) is 5.78 Å². The van der Waals surface area contributed by atoms with E-state index in [2.05, 4.69) is 0 Å². The van der Waals surface area contributed by atoms with Gasteiger partial charge in [0.25, 0.3) is 5.56 Å². The molecular formula is C12H14N2O8. The molecule has 3 N–H and O–H groups in total. The predicted molar refractivity (Wildman–Crippen MR) is 68.9 cm³/mol. The number of esters is 1. The monoisotopic (exact) mass is 314 g/mol. The lowest BCUT2D eigenvalue weighted by molar-refractivity contribution is -0.164. The van der Waals surface area contributed by atoms with Crippen LogP contribution in [0.2, 0.25) is 0 Å². The molecule has 10 nitrogen and oxygen atoms in total. The Bertz CT molecular complexity index is 693. The number of aliphatic hydroxyl groups excluding tert-OH is 2. The molecule has 0 bridgehead atoms. The van der Waals surface area contributed by atoms with Gasteiger partial charge in [-0.15, -0.1) is 0 Å². The van der Waals surface area contributed by atoms with Crippen LogP contribution in [0, 0.1) is 0 Å².